The number of aliphatic carboxylic acids is 1. The smallest absolute Gasteiger partial charge is 0.411 e. The van der Waals surface area contributed by atoms with Crippen LogP contribution in [0.25, 0.3) is 0 Å². The molecule has 0 aliphatic rings. The quantitative estimate of drug-likeness (QED) is 0.620. The number of carboxylic acids is 1. The summed E-state index contributed by atoms with van der Waals surface area (Å²) >= 11 is 0. The molecule has 2 N–H and O–H groups in total. The molecule has 0 aliphatic heterocycles. The van der Waals surface area contributed by atoms with Crippen molar-refractivity contribution in [1.82, 2.24) is 0 Å². The molecule has 0 fully saturated rings. The highest BCUT2D eigenvalue weighted by atomic mass is 19.4. The molecule has 0 radical (unpaired) electrons. The fraction of sp³-hybridized carbons (Fsp3) is 0.350. The van der Waals surface area contributed by atoms with E-state index in [9.17, 15) is 23.1 Å². The Morgan fingerprint density at radius 2 is 1.79 bits per heavy atom. The van der Waals surface area contributed by atoms with Gasteiger partial charge in [0.05, 0.1) is 7.11 Å². The molecular formula is C20H21F3O6. The normalized spacial score (nSPS) is 13.6. The minimum Gasteiger partial charge on any atom is -0.497 e. The first-order valence-electron chi connectivity index (χ1n) is 8.63. The lowest BCUT2D eigenvalue weighted by atomic mass is 10.1. The Morgan fingerprint density at radius 1 is 1.10 bits per heavy atom. The highest BCUT2D eigenvalue weighted by Gasteiger charge is 2.31. The number of carboxylic acid groups (broad SMARTS) is 1. The third-order valence-electron chi connectivity index (χ3n) is 3.95. The lowest BCUT2D eigenvalue weighted by Gasteiger charge is -2.16. The van der Waals surface area contributed by atoms with Gasteiger partial charge in [-0.2, -0.15) is 13.2 Å². The zero-order valence-corrected chi connectivity index (χ0v) is 15.6. The number of carbonyl (C=O) groups is 1. The molecule has 0 bridgehead atoms. The zero-order chi connectivity index (χ0) is 21.4. The van der Waals surface area contributed by atoms with Gasteiger partial charge in [0.15, 0.2) is 6.10 Å². The van der Waals surface area contributed by atoms with Gasteiger partial charge in [-0.1, -0.05) is 24.3 Å². The van der Waals surface area contributed by atoms with Gasteiger partial charge in [-0.3, -0.25) is 0 Å². The van der Waals surface area contributed by atoms with Crippen molar-refractivity contribution in [2.24, 2.45) is 0 Å². The number of methoxy groups -OCH3 is 1. The molecule has 0 saturated heterocycles. The number of aliphatic hydroxyl groups excluding tert-OH is 1. The fourth-order valence-corrected chi connectivity index (χ4v) is 2.47. The second-order valence-electron chi connectivity index (χ2n) is 6.20. The van der Waals surface area contributed by atoms with Crippen LogP contribution in [0.2, 0.25) is 0 Å². The predicted molar refractivity (Wildman–Crippen MR) is 97.0 cm³/mol. The molecular weight excluding hydrogens is 393 g/mol. The average Bonchev–Trinajstić information content (AvgIpc) is 2.69. The van der Waals surface area contributed by atoms with E-state index in [0.717, 1.165) is 0 Å². The van der Waals surface area contributed by atoms with E-state index in [1.165, 1.54) is 31.4 Å². The number of ether oxygens (including phenoxy) is 3. The van der Waals surface area contributed by atoms with Crippen LogP contribution in [-0.4, -0.2) is 48.8 Å². The minimum absolute atomic E-state index is 0.0288. The summed E-state index contributed by atoms with van der Waals surface area (Å²) in [5.41, 5.74) is 1.09. The molecule has 2 unspecified atom stereocenters. The van der Waals surface area contributed by atoms with Crippen molar-refractivity contribution < 1.29 is 42.4 Å². The van der Waals surface area contributed by atoms with Gasteiger partial charge in [0, 0.05) is 6.42 Å². The number of halogens is 3. The third-order valence-corrected chi connectivity index (χ3v) is 3.95. The van der Waals surface area contributed by atoms with Crippen molar-refractivity contribution in [3.05, 3.63) is 59.7 Å². The van der Waals surface area contributed by atoms with Gasteiger partial charge >= 0.3 is 12.1 Å². The van der Waals surface area contributed by atoms with Crippen molar-refractivity contribution in [3.63, 3.8) is 0 Å². The van der Waals surface area contributed by atoms with Crippen molar-refractivity contribution in [2.45, 2.75) is 24.8 Å². The molecule has 2 aromatic rings. The van der Waals surface area contributed by atoms with Gasteiger partial charge in [0.1, 0.15) is 30.8 Å². The Bertz CT molecular complexity index is 792. The summed E-state index contributed by atoms with van der Waals surface area (Å²) in [5.74, 6) is -0.457. The fourth-order valence-electron chi connectivity index (χ4n) is 2.47. The van der Waals surface area contributed by atoms with Gasteiger partial charge in [-0.05, 0) is 35.4 Å². The minimum atomic E-state index is -4.60. The van der Waals surface area contributed by atoms with E-state index >= 15 is 0 Å². The maximum Gasteiger partial charge on any atom is 0.411 e. The highest BCUT2D eigenvalue weighted by Crippen LogP contribution is 2.22. The summed E-state index contributed by atoms with van der Waals surface area (Å²) in [5, 5.41) is 19.2. The monoisotopic (exact) mass is 414 g/mol. The van der Waals surface area contributed by atoms with Gasteiger partial charge < -0.3 is 24.4 Å². The van der Waals surface area contributed by atoms with Crippen molar-refractivity contribution in [3.8, 4) is 11.5 Å². The van der Waals surface area contributed by atoms with E-state index in [1.54, 1.807) is 24.3 Å². The number of aliphatic hydroxyl groups is 1. The molecule has 0 aromatic heterocycles. The Balaban J connectivity index is 1.91. The summed E-state index contributed by atoms with van der Waals surface area (Å²) < 4.78 is 51.7. The van der Waals surface area contributed by atoms with E-state index in [1.807, 2.05) is 0 Å². The van der Waals surface area contributed by atoms with Crippen molar-refractivity contribution in [1.29, 1.82) is 0 Å². The van der Waals surface area contributed by atoms with Crippen LogP contribution in [0.5, 0.6) is 11.5 Å². The van der Waals surface area contributed by atoms with E-state index < -0.39 is 31.0 Å². The Hall–Kier alpha value is -2.78. The summed E-state index contributed by atoms with van der Waals surface area (Å²) in [6.45, 7) is -1.66. The Kier molecular flexibility index (Phi) is 7.86. The molecule has 158 valence electrons. The first-order valence-corrected chi connectivity index (χ1v) is 8.63. The van der Waals surface area contributed by atoms with Crippen LogP contribution >= 0.6 is 0 Å². The van der Waals surface area contributed by atoms with E-state index in [4.69, 9.17) is 14.6 Å². The summed E-state index contributed by atoms with van der Waals surface area (Å²) in [7, 11) is 1.52. The highest BCUT2D eigenvalue weighted by molar-refractivity contribution is 5.72. The van der Waals surface area contributed by atoms with Gasteiger partial charge in [-0.15, -0.1) is 0 Å². The molecule has 6 nitrogen and oxygen atoms in total. The molecule has 0 saturated carbocycles. The largest absolute Gasteiger partial charge is 0.497 e. The lowest BCUT2D eigenvalue weighted by molar-refractivity contribution is -0.192. The Labute approximate surface area is 165 Å². The SMILES string of the molecule is COc1cccc(C(O)COc2ccc(CC(OCC(F)(F)F)C(=O)O)cc2)c1. The van der Waals surface area contributed by atoms with E-state index in [-0.39, 0.29) is 13.0 Å². The summed E-state index contributed by atoms with van der Waals surface area (Å²) in [6, 6.07) is 13.0. The van der Waals surface area contributed by atoms with Crippen LogP contribution in [0, 0.1) is 0 Å². The number of hydrogen-bond acceptors (Lipinski definition) is 5. The second kappa shape index (κ2) is 10.1. The summed E-state index contributed by atoms with van der Waals surface area (Å²) in [6.07, 6.45) is -7.33. The van der Waals surface area contributed by atoms with Crippen molar-refractivity contribution >= 4 is 5.97 Å². The molecule has 0 aliphatic carbocycles. The van der Waals surface area contributed by atoms with E-state index in [2.05, 4.69) is 4.74 Å². The van der Waals surface area contributed by atoms with Crippen LogP contribution in [0.1, 0.15) is 17.2 Å². The number of hydrogen-bond donors (Lipinski definition) is 2. The topological polar surface area (TPSA) is 85.2 Å². The van der Waals surface area contributed by atoms with Crippen molar-refractivity contribution in [2.75, 3.05) is 20.3 Å². The molecule has 0 spiro atoms. The third kappa shape index (κ3) is 7.63. The molecule has 2 aromatic carbocycles. The lowest BCUT2D eigenvalue weighted by Crippen LogP contribution is -2.31. The second-order valence-corrected chi connectivity index (χ2v) is 6.20. The first kappa shape index (κ1) is 22.5. The maximum atomic E-state index is 12.2. The zero-order valence-electron chi connectivity index (χ0n) is 15.6. The predicted octanol–water partition coefficient (Wildman–Crippen LogP) is 3.38. The molecule has 2 atom stereocenters. The van der Waals surface area contributed by atoms with Crippen LogP contribution in [-0.2, 0) is 16.0 Å². The van der Waals surface area contributed by atoms with E-state index in [0.29, 0.717) is 22.6 Å². The van der Waals surface area contributed by atoms with Gasteiger partial charge in [0.2, 0.25) is 0 Å². The first-order chi connectivity index (χ1) is 13.7. The Morgan fingerprint density at radius 3 is 2.38 bits per heavy atom. The number of rotatable bonds is 10. The number of benzene rings is 2. The average molecular weight is 414 g/mol. The number of alkyl halides is 3. The molecule has 2 rings (SSSR count). The van der Waals surface area contributed by atoms with Gasteiger partial charge in [0.25, 0.3) is 0 Å². The molecule has 9 heteroatoms. The molecule has 29 heavy (non-hydrogen) atoms. The standard InChI is InChI=1S/C20H21F3O6/c1-27-16-4-2-3-14(10-16)17(24)11-28-15-7-5-13(6-8-15)9-18(19(25)26)29-12-20(21,22)23/h2-8,10,17-18,24H,9,11-12H2,1H3,(H,25,26). The molecule has 0 heterocycles. The van der Waals surface area contributed by atoms with Crippen LogP contribution in [0.3, 0.4) is 0 Å². The summed E-state index contributed by atoms with van der Waals surface area (Å²) in [4.78, 5) is 11.1. The van der Waals surface area contributed by atoms with Crippen LogP contribution in [0.15, 0.2) is 48.5 Å². The molecule has 0 amide bonds. The van der Waals surface area contributed by atoms with Crippen LogP contribution < -0.4 is 9.47 Å². The maximum absolute atomic E-state index is 12.2. The van der Waals surface area contributed by atoms with Gasteiger partial charge in [-0.25, -0.2) is 4.79 Å². The van der Waals surface area contributed by atoms with Crippen LogP contribution in [0.4, 0.5) is 13.2 Å².